The van der Waals surface area contributed by atoms with Crippen LogP contribution in [0.5, 0.6) is 0 Å². The minimum absolute atomic E-state index is 0.0986. The van der Waals surface area contributed by atoms with Crippen LogP contribution in [0.15, 0.2) is 70.3 Å². The molecule has 6 rings (SSSR count). The van der Waals surface area contributed by atoms with Gasteiger partial charge in [0.25, 0.3) is 0 Å². The maximum atomic E-state index is 14.0. The van der Waals surface area contributed by atoms with E-state index in [1.54, 1.807) is 35.4 Å². The van der Waals surface area contributed by atoms with Crippen molar-refractivity contribution in [3.05, 3.63) is 92.3 Å². The van der Waals surface area contributed by atoms with Gasteiger partial charge < -0.3 is 19.1 Å². The lowest BCUT2D eigenvalue weighted by atomic mass is 9.95. The highest BCUT2D eigenvalue weighted by Crippen LogP contribution is 2.37. The zero-order chi connectivity index (χ0) is 34.9. The summed E-state index contributed by atoms with van der Waals surface area (Å²) in [6.07, 6.45) is 2.66. The number of esters is 1. The van der Waals surface area contributed by atoms with Crippen molar-refractivity contribution in [2.75, 3.05) is 51.0 Å². The fourth-order valence-corrected chi connectivity index (χ4v) is 7.40. The highest BCUT2D eigenvalue weighted by atomic mass is 35.5. The fraction of sp³-hybridized carbons (Fsp3) is 0.344. The molecule has 3 aliphatic heterocycles. The summed E-state index contributed by atoms with van der Waals surface area (Å²) in [7, 11) is -2.58. The summed E-state index contributed by atoms with van der Waals surface area (Å²) in [6.45, 7) is 2.25. The Hall–Kier alpha value is -4.38. The SMILES string of the molecule is COC(=O)C1=C(CN2CCN3C(=O)N(c4ccc(CCC(=O)OS(C)(=O)=O)cc4)C[C@@H]3C2)NC(c2nccs2)=N[C@H]1c1ccc(F)cc1Cl. The highest BCUT2D eigenvalue weighted by molar-refractivity contribution is 7.86. The molecule has 2 saturated heterocycles. The smallest absolute Gasteiger partial charge is 0.338 e. The number of carbonyl (C=O) groups is 3. The van der Waals surface area contributed by atoms with E-state index in [0.717, 1.165) is 11.8 Å². The molecule has 258 valence electrons. The summed E-state index contributed by atoms with van der Waals surface area (Å²) < 4.78 is 45.9. The number of halogens is 2. The number of thiazole rings is 1. The number of aromatic nitrogens is 1. The number of methoxy groups -OCH3 is 1. The van der Waals surface area contributed by atoms with E-state index in [1.807, 2.05) is 10.3 Å². The molecule has 0 bridgehead atoms. The van der Waals surface area contributed by atoms with Crippen molar-refractivity contribution < 1.29 is 36.1 Å². The first-order valence-electron chi connectivity index (χ1n) is 15.2. The molecule has 13 nitrogen and oxygen atoms in total. The number of amides is 2. The van der Waals surface area contributed by atoms with Crippen LogP contribution in [0.2, 0.25) is 5.02 Å². The molecule has 1 aromatic heterocycles. The summed E-state index contributed by atoms with van der Waals surface area (Å²) in [6, 6.07) is 10.00. The van der Waals surface area contributed by atoms with Crippen LogP contribution in [0.4, 0.5) is 14.9 Å². The maximum absolute atomic E-state index is 14.0. The van der Waals surface area contributed by atoms with Crippen LogP contribution in [0.25, 0.3) is 0 Å². The summed E-state index contributed by atoms with van der Waals surface area (Å²) in [5.74, 6) is -1.51. The molecule has 2 aromatic carbocycles. The number of nitrogens with zero attached hydrogens (tertiary/aromatic N) is 5. The van der Waals surface area contributed by atoms with Gasteiger partial charge in [0.15, 0.2) is 10.8 Å². The number of piperazine rings is 1. The Balaban J connectivity index is 1.19. The number of amidine groups is 1. The standard InChI is InChI=1S/C32H32ClFN6O7S2/c1-46-31(42)27-25(36-29(30-35-11-14-48-30)37-28(27)23-9-6-20(34)15-24(23)33)18-38-12-13-39-22(16-38)17-40(32(39)43)21-7-3-19(4-8-21)5-10-26(41)47-49(2,44)45/h3-4,6-9,11,14-15,22,28H,5,10,12-13,16-18H2,1-2H3,(H,36,37)/t22-,28-/m0/s1. The lowest BCUT2D eigenvalue weighted by Gasteiger charge is -2.38. The normalized spacial score (nSPS) is 19.8. The number of hydrogen-bond acceptors (Lipinski definition) is 12. The third-order valence-corrected chi connectivity index (χ3v) is 9.95. The van der Waals surface area contributed by atoms with Crippen molar-refractivity contribution in [3.63, 3.8) is 0 Å². The van der Waals surface area contributed by atoms with Crippen LogP contribution >= 0.6 is 22.9 Å². The number of urea groups is 1. The number of fused-ring (bicyclic) bond motifs is 1. The number of rotatable bonds is 10. The molecule has 3 aliphatic rings. The van der Waals surface area contributed by atoms with Crippen molar-refractivity contribution in [2.45, 2.75) is 24.9 Å². The fourth-order valence-electron chi connectivity index (χ4n) is 6.12. The number of hydrogen-bond donors (Lipinski definition) is 1. The van der Waals surface area contributed by atoms with Gasteiger partial charge in [-0.15, -0.1) is 11.3 Å². The van der Waals surface area contributed by atoms with Gasteiger partial charge in [-0.05, 0) is 36.2 Å². The van der Waals surface area contributed by atoms with Crippen LogP contribution in [0.3, 0.4) is 0 Å². The zero-order valence-corrected chi connectivity index (χ0v) is 28.9. The van der Waals surface area contributed by atoms with Gasteiger partial charge in [0.1, 0.15) is 11.9 Å². The molecule has 2 fully saturated rings. The van der Waals surface area contributed by atoms with E-state index in [-0.39, 0.29) is 35.5 Å². The molecule has 0 aliphatic carbocycles. The van der Waals surface area contributed by atoms with Crippen molar-refractivity contribution in [1.29, 1.82) is 0 Å². The molecule has 0 saturated carbocycles. The second-order valence-electron chi connectivity index (χ2n) is 11.7. The summed E-state index contributed by atoms with van der Waals surface area (Å²) in [5, 5.41) is 5.84. The van der Waals surface area contributed by atoms with E-state index in [4.69, 9.17) is 21.3 Å². The number of aliphatic imine (C=N–C) groups is 1. The molecule has 49 heavy (non-hydrogen) atoms. The molecule has 0 spiro atoms. The number of nitrogens with one attached hydrogen (secondary N) is 1. The number of carbonyl (C=O) groups excluding carboxylic acids is 3. The van der Waals surface area contributed by atoms with Crippen LogP contribution in [0, 0.1) is 5.82 Å². The molecule has 4 heterocycles. The second-order valence-corrected chi connectivity index (χ2v) is 14.6. The maximum Gasteiger partial charge on any atom is 0.338 e. The van der Waals surface area contributed by atoms with Gasteiger partial charge in [0.2, 0.25) is 0 Å². The van der Waals surface area contributed by atoms with Gasteiger partial charge in [-0.1, -0.05) is 29.8 Å². The molecule has 2 atom stereocenters. The summed E-state index contributed by atoms with van der Waals surface area (Å²) in [5.41, 5.74) is 2.72. The molecule has 3 aromatic rings. The predicted molar refractivity (Wildman–Crippen MR) is 180 cm³/mol. The summed E-state index contributed by atoms with van der Waals surface area (Å²) in [4.78, 5) is 53.4. The van der Waals surface area contributed by atoms with Gasteiger partial charge in [-0.2, -0.15) is 8.42 Å². The number of ether oxygens (including phenoxy) is 1. The van der Waals surface area contributed by atoms with Crippen molar-refractivity contribution in [1.82, 2.24) is 20.1 Å². The van der Waals surface area contributed by atoms with Crippen molar-refractivity contribution >= 4 is 62.5 Å². The van der Waals surface area contributed by atoms with Gasteiger partial charge in [-0.25, -0.2) is 19.0 Å². The molecule has 2 amide bonds. The highest BCUT2D eigenvalue weighted by Gasteiger charge is 2.42. The molecule has 1 N–H and O–H groups in total. The number of benzene rings is 2. The van der Waals surface area contributed by atoms with Crippen molar-refractivity contribution in [2.24, 2.45) is 4.99 Å². The van der Waals surface area contributed by atoms with E-state index in [0.29, 0.717) is 60.5 Å². The third-order valence-electron chi connectivity index (χ3n) is 8.35. The largest absolute Gasteiger partial charge is 0.466 e. The van der Waals surface area contributed by atoms with E-state index in [9.17, 15) is 27.2 Å². The third kappa shape index (κ3) is 7.77. The molecule has 0 unspecified atom stereocenters. The monoisotopic (exact) mass is 730 g/mol. The predicted octanol–water partition coefficient (Wildman–Crippen LogP) is 3.52. The Morgan fingerprint density at radius 2 is 1.92 bits per heavy atom. The van der Waals surface area contributed by atoms with E-state index < -0.39 is 33.9 Å². The lowest BCUT2D eigenvalue weighted by Crippen LogP contribution is -2.53. The van der Waals surface area contributed by atoms with E-state index in [2.05, 4.69) is 19.4 Å². The van der Waals surface area contributed by atoms with Crippen LogP contribution in [-0.4, -0.2) is 99.1 Å². The van der Waals surface area contributed by atoms with Crippen LogP contribution < -0.4 is 10.2 Å². The Morgan fingerprint density at radius 1 is 1.14 bits per heavy atom. The van der Waals surface area contributed by atoms with Gasteiger partial charge in [0, 0.05) is 66.3 Å². The Bertz CT molecular complexity index is 1940. The topological polar surface area (TPSA) is 151 Å². The zero-order valence-electron chi connectivity index (χ0n) is 26.5. The number of aryl methyl sites for hydroxylation is 1. The molecule has 17 heteroatoms. The second kappa shape index (κ2) is 14.2. The van der Waals surface area contributed by atoms with Gasteiger partial charge >= 0.3 is 28.1 Å². The minimum Gasteiger partial charge on any atom is -0.466 e. The van der Waals surface area contributed by atoms with Crippen LogP contribution in [0.1, 0.15) is 28.6 Å². The first-order chi connectivity index (χ1) is 23.4. The first-order valence-corrected chi connectivity index (χ1v) is 18.3. The minimum atomic E-state index is -3.86. The van der Waals surface area contributed by atoms with Gasteiger partial charge in [-0.3, -0.25) is 19.6 Å². The van der Waals surface area contributed by atoms with E-state index >= 15 is 0 Å². The average Bonchev–Trinajstić information content (AvgIpc) is 3.71. The van der Waals surface area contributed by atoms with E-state index in [1.165, 1.54) is 36.6 Å². The first kappa shape index (κ1) is 34.5. The number of anilines is 1. The summed E-state index contributed by atoms with van der Waals surface area (Å²) >= 11 is 7.85. The quantitative estimate of drug-likeness (QED) is 0.243. The lowest BCUT2D eigenvalue weighted by molar-refractivity contribution is -0.136. The van der Waals surface area contributed by atoms with Crippen molar-refractivity contribution in [3.8, 4) is 0 Å². The van der Waals surface area contributed by atoms with Crippen LogP contribution in [-0.2, 0) is 35.0 Å². The Kier molecular flexibility index (Phi) is 10.0. The molecular formula is C32H32ClFN6O7S2. The molecule has 0 radical (unpaired) electrons. The molecular weight excluding hydrogens is 699 g/mol. The van der Waals surface area contributed by atoms with Gasteiger partial charge in [0.05, 0.1) is 31.4 Å². The Labute approximate surface area is 291 Å². The average molecular weight is 731 g/mol. The Morgan fingerprint density at radius 3 is 2.59 bits per heavy atom.